The Morgan fingerprint density at radius 3 is 2.24 bits per heavy atom. The lowest BCUT2D eigenvalue weighted by Gasteiger charge is -2.23. The molecule has 0 radical (unpaired) electrons. The Kier molecular flexibility index (Phi) is 4.66. The number of halogens is 1. The van der Waals surface area contributed by atoms with Crippen molar-refractivity contribution >= 4 is 28.3 Å². The van der Waals surface area contributed by atoms with E-state index in [0.717, 1.165) is 20.6 Å². The maximum atomic E-state index is 6.04. The summed E-state index contributed by atoms with van der Waals surface area (Å²) in [4.78, 5) is 0. The van der Waals surface area contributed by atoms with Gasteiger partial charge in [0, 0.05) is 9.13 Å². The molecule has 112 valence electrons. The lowest BCUT2D eigenvalue weighted by molar-refractivity contribution is 0.407. The molecule has 0 amide bonds. The molecule has 4 heteroatoms. The molecule has 2 N–H and O–H groups in total. The summed E-state index contributed by atoms with van der Waals surface area (Å²) >= 11 is 2.23. The zero-order valence-corrected chi connectivity index (χ0v) is 14.9. The van der Waals surface area contributed by atoms with E-state index in [1.165, 1.54) is 0 Å². The fraction of sp³-hybridized carbons (Fsp3) is 0.294. The highest BCUT2D eigenvalue weighted by molar-refractivity contribution is 14.1. The highest BCUT2D eigenvalue weighted by Crippen LogP contribution is 2.38. The van der Waals surface area contributed by atoms with Gasteiger partial charge < -0.3 is 15.2 Å². The Balaban J connectivity index is 2.44. The van der Waals surface area contributed by atoms with Crippen molar-refractivity contribution in [1.82, 2.24) is 0 Å². The molecule has 21 heavy (non-hydrogen) atoms. The van der Waals surface area contributed by atoms with Crippen LogP contribution in [0, 0.1) is 3.57 Å². The molecule has 2 aromatic rings. The first-order valence-corrected chi connectivity index (χ1v) is 7.80. The number of hydrogen-bond acceptors (Lipinski definition) is 3. The molecule has 0 fully saturated rings. The van der Waals surface area contributed by atoms with E-state index in [2.05, 4.69) is 43.4 Å². The third kappa shape index (κ3) is 3.81. The van der Waals surface area contributed by atoms with Gasteiger partial charge in [-0.05, 0) is 64.4 Å². The minimum Gasteiger partial charge on any atom is -0.497 e. The predicted molar refractivity (Wildman–Crippen MR) is 95.3 cm³/mol. The summed E-state index contributed by atoms with van der Waals surface area (Å²) < 4.78 is 12.4. The molecule has 2 aromatic carbocycles. The Hall–Kier alpha value is -1.43. The topological polar surface area (TPSA) is 44.5 Å². The van der Waals surface area contributed by atoms with Crippen LogP contribution in [0.3, 0.4) is 0 Å². The molecular weight excluding hydrogens is 377 g/mol. The molecule has 0 saturated heterocycles. The number of hydrogen-bond donors (Lipinski definition) is 1. The van der Waals surface area contributed by atoms with Crippen LogP contribution < -0.4 is 15.2 Å². The lowest BCUT2D eigenvalue weighted by Crippen LogP contribution is -2.13. The van der Waals surface area contributed by atoms with Crippen LogP contribution in [0.2, 0.25) is 0 Å². The molecule has 0 aliphatic heterocycles. The Morgan fingerprint density at radius 1 is 1.00 bits per heavy atom. The Morgan fingerprint density at radius 2 is 1.67 bits per heavy atom. The second-order valence-electron chi connectivity index (χ2n) is 5.90. The summed E-state index contributed by atoms with van der Waals surface area (Å²) in [6.45, 7) is 6.43. The van der Waals surface area contributed by atoms with Crippen LogP contribution in [0.15, 0.2) is 36.4 Å². The monoisotopic (exact) mass is 397 g/mol. The van der Waals surface area contributed by atoms with E-state index in [1.54, 1.807) is 7.11 Å². The number of nitrogens with two attached hydrogens (primary N) is 1. The maximum Gasteiger partial charge on any atom is 0.150 e. The summed E-state index contributed by atoms with van der Waals surface area (Å²) in [6.07, 6.45) is 0. The SMILES string of the molecule is COc1ccc(Oc2ccc(I)cc2N)c(C(C)(C)C)c1. The minimum atomic E-state index is -0.0537. The van der Waals surface area contributed by atoms with Gasteiger partial charge in [0.1, 0.15) is 17.2 Å². The summed E-state index contributed by atoms with van der Waals surface area (Å²) in [6, 6.07) is 11.6. The molecule has 0 saturated carbocycles. The van der Waals surface area contributed by atoms with Crippen LogP contribution in [0.5, 0.6) is 17.2 Å². The van der Waals surface area contributed by atoms with Crippen molar-refractivity contribution in [2.45, 2.75) is 26.2 Å². The number of nitrogen functional groups attached to an aromatic ring is 1. The second-order valence-corrected chi connectivity index (χ2v) is 7.14. The smallest absolute Gasteiger partial charge is 0.150 e. The van der Waals surface area contributed by atoms with E-state index in [0.29, 0.717) is 11.4 Å². The van der Waals surface area contributed by atoms with Crippen molar-refractivity contribution in [3.63, 3.8) is 0 Å². The average molecular weight is 397 g/mol. The van der Waals surface area contributed by atoms with Gasteiger partial charge in [0.15, 0.2) is 0 Å². The van der Waals surface area contributed by atoms with Crippen molar-refractivity contribution in [3.8, 4) is 17.2 Å². The molecule has 0 unspecified atom stereocenters. The Bertz CT molecular complexity index is 648. The normalized spacial score (nSPS) is 11.3. The highest BCUT2D eigenvalue weighted by atomic mass is 127. The first-order valence-electron chi connectivity index (χ1n) is 6.72. The van der Waals surface area contributed by atoms with Gasteiger partial charge in [-0.15, -0.1) is 0 Å². The van der Waals surface area contributed by atoms with Crippen LogP contribution in [-0.2, 0) is 5.41 Å². The zero-order valence-electron chi connectivity index (χ0n) is 12.7. The highest BCUT2D eigenvalue weighted by Gasteiger charge is 2.20. The van der Waals surface area contributed by atoms with Gasteiger partial charge in [0.2, 0.25) is 0 Å². The van der Waals surface area contributed by atoms with Crippen molar-refractivity contribution in [3.05, 3.63) is 45.5 Å². The van der Waals surface area contributed by atoms with Crippen LogP contribution in [-0.4, -0.2) is 7.11 Å². The number of ether oxygens (including phenoxy) is 2. The lowest BCUT2D eigenvalue weighted by atomic mass is 9.86. The Labute approximate surface area is 139 Å². The van der Waals surface area contributed by atoms with E-state index in [-0.39, 0.29) is 5.41 Å². The molecule has 0 atom stereocenters. The van der Waals surface area contributed by atoms with Crippen LogP contribution in [0.25, 0.3) is 0 Å². The van der Waals surface area contributed by atoms with Gasteiger partial charge >= 0.3 is 0 Å². The zero-order chi connectivity index (χ0) is 15.6. The molecular formula is C17H20INO2. The molecule has 2 rings (SSSR count). The quantitative estimate of drug-likeness (QED) is 0.588. The predicted octanol–water partition coefficient (Wildman–Crippen LogP) is 4.97. The summed E-state index contributed by atoms with van der Waals surface area (Å²) in [5.74, 6) is 2.30. The molecule has 0 heterocycles. The minimum absolute atomic E-state index is 0.0537. The van der Waals surface area contributed by atoms with Gasteiger partial charge in [-0.3, -0.25) is 0 Å². The van der Waals surface area contributed by atoms with Gasteiger partial charge in [-0.1, -0.05) is 20.8 Å². The molecule has 0 aliphatic carbocycles. The summed E-state index contributed by atoms with van der Waals surface area (Å²) in [5.41, 5.74) is 7.70. The van der Waals surface area contributed by atoms with E-state index in [1.807, 2.05) is 36.4 Å². The van der Waals surface area contributed by atoms with Gasteiger partial charge in [-0.25, -0.2) is 0 Å². The standard InChI is InChI=1S/C17H20INO2/c1-17(2,3)13-10-12(20-4)6-8-15(13)21-16-7-5-11(18)9-14(16)19/h5-10H,19H2,1-4H3. The van der Waals surface area contributed by atoms with Gasteiger partial charge in [0.05, 0.1) is 12.8 Å². The molecule has 0 aromatic heterocycles. The first-order chi connectivity index (χ1) is 9.81. The summed E-state index contributed by atoms with van der Waals surface area (Å²) in [5, 5.41) is 0. The van der Waals surface area contributed by atoms with E-state index in [9.17, 15) is 0 Å². The maximum absolute atomic E-state index is 6.04. The molecule has 3 nitrogen and oxygen atoms in total. The fourth-order valence-electron chi connectivity index (χ4n) is 2.04. The van der Waals surface area contributed by atoms with Crippen LogP contribution in [0.4, 0.5) is 5.69 Å². The number of rotatable bonds is 3. The van der Waals surface area contributed by atoms with Crippen molar-refractivity contribution in [2.24, 2.45) is 0 Å². The van der Waals surface area contributed by atoms with E-state index in [4.69, 9.17) is 15.2 Å². The van der Waals surface area contributed by atoms with Crippen LogP contribution in [0.1, 0.15) is 26.3 Å². The number of anilines is 1. The summed E-state index contributed by atoms with van der Waals surface area (Å²) in [7, 11) is 1.67. The molecule has 0 bridgehead atoms. The van der Waals surface area contributed by atoms with Gasteiger partial charge in [0.25, 0.3) is 0 Å². The van der Waals surface area contributed by atoms with Gasteiger partial charge in [-0.2, -0.15) is 0 Å². The van der Waals surface area contributed by atoms with E-state index >= 15 is 0 Å². The van der Waals surface area contributed by atoms with Crippen LogP contribution >= 0.6 is 22.6 Å². The number of methoxy groups -OCH3 is 1. The largest absolute Gasteiger partial charge is 0.497 e. The van der Waals surface area contributed by atoms with Crippen molar-refractivity contribution in [2.75, 3.05) is 12.8 Å². The molecule has 0 aliphatic rings. The van der Waals surface area contributed by atoms with E-state index < -0.39 is 0 Å². The number of benzene rings is 2. The van der Waals surface area contributed by atoms with Crippen molar-refractivity contribution < 1.29 is 9.47 Å². The first kappa shape index (κ1) is 15.9. The fourth-order valence-corrected chi connectivity index (χ4v) is 2.56. The molecule has 0 spiro atoms. The second kappa shape index (κ2) is 6.13. The van der Waals surface area contributed by atoms with Crippen molar-refractivity contribution in [1.29, 1.82) is 0 Å². The average Bonchev–Trinajstić information content (AvgIpc) is 2.41. The third-order valence-electron chi connectivity index (χ3n) is 3.19. The third-order valence-corrected chi connectivity index (χ3v) is 3.86.